The lowest BCUT2D eigenvalue weighted by molar-refractivity contribution is 0.201. The molecule has 0 radical (unpaired) electrons. The van der Waals surface area contributed by atoms with Gasteiger partial charge in [0.2, 0.25) is 0 Å². The number of nitrogens with one attached hydrogen (secondary N) is 1. The number of aryl methyl sites for hydroxylation is 1. The van der Waals surface area contributed by atoms with Crippen LogP contribution in [-0.2, 0) is 0 Å². The van der Waals surface area contributed by atoms with Gasteiger partial charge in [0.25, 0.3) is 0 Å². The van der Waals surface area contributed by atoms with Gasteiger partial charge in [0.1, 0.15) is 23.7 Å². The van der Waals surface area contributed by atoms with Crippen LogP contribution in [0.2, 0.25) is 0 Å². The molecule has 4 rings (SSSR count). The van der Waals surface area contributed by atoms with E-state index in [0.29, 0.717) is 12.6 Å². The molecule has 25 heavy (non-hydrogen) atoms. The van der Waals surface area contributed by atoms with Gasteiger partial charge in [-0.05, 0) is 31.9 Å². The molecule has 2 aromatic heterocycles. The van der Waals surface area contributed by atoms with Gasteiger partial charge in [-0.15, -0.1) is 0 Å². The highest BCUT2D eigenvalue weighted by Crippen LogP contribution is 2.32. The van der Waals surface area contributed by atoms with Crippen molar-refractivity contribution < 1.29 is 9.84 Å². The molecular weight excluding hydrogens is 316 g/mol. The van der Waals surface area contributed by atoms with Crippen LogP contribution in [0.15, 0.2) is 24.3 Å². The average Bonchev–Trinajstić information content (AvgIpc) is 3.22. The molecule has 0 aliphatic heterocycles. The second-order valence-corrected chi connectivity index (χ2v) is 6.71. The maximum Gasteiger partial charge on any atom is 0.177 e. The van der Waals surface area contributed by atoms with E-state index in [-0.39, 0.29) is 6.61 Å². The topological polar surface area (TPSA) is 76.0 Å². The van der Waals surface area contributed by atoms with Crippen molar-refractivity contribution in [2.45, 2.75) is 45.1 Å². The van der Waals surface area contributed by atoms with Gasteiger partial charge in [-0.25, -0.2) is 9.67 Å². The zero-order valence-electron chi connectivity index (χ0n) is 14.5. The van der Waals surface area contributed by atoms with Gasteiger partial charge in [-0.2, -0.15) is 5.10 Å². The van der Waals surface area contributed by atoms with E-state index in [1.807, 2.05) is 31.2 Å². The number of imidazole rings is 1. The highest BCUT2D eigenvalue weighted by atomic mass is 16.5. The van der Waals surface area contributed by atoms with Gasteiger partial charge in [0.05, 0.1) is 18.3 Å². The minimum absolute atomic E-state index is 0.00524. The number of H-pyrrole nitrogens is 1. The van der Waals surface area contributed by atoms with Crippen LogP contribution in [0, 0.1) is 6.92 Å². The summed E-state index contributed by atoms with van der Waals surface area (Å²) >= 11 is 0. The summed E-state index contributed by atoms with van der Waals surface area (Å²) in [6.45, 7) is 2.33. The van der Waals surface area contributed by atoms with Crippen molar-refractivity contribution >= 4 is 11.2 Å². The van der Waals surface area contributed by atoms with Gasteiger partial charge in [-0.1, -0.05) is 31.4 Å². The van der Waals surface area contributed by atoms with Crippen LogP contribution >= 0.6 is 0 Å². The number of fused-ring (bicyclic) bond motifs is 1. The number of aromatic amines is 1. The summed E-state index contributed by atoms with van der Waals surface area (Å²) in [6.07, 6.45) is 6.23. The third-order valence-corrected chi connectivity index (χ3v) is 4.91. The fraction of sp³-hybridized carbons (Fsp3) is 0.474. The first-order chi connectivity index (χ1) is 12.3. The Bertz CT molecular complexity index is 862. The van der Waals surface area contributed by atoms with Crippen molar-refractivity contribution in [2.24, 2.45) is 0 Å². The van der Waals surface area contributed by atoms with E-state index in [2.05, 4.69) is 9.67 Å². The number of nitrogens with zero attached hydrogens (tertiary/aromatic N) is 3. The Morgan fingerprint density at radius 2 is 2.12 bits per heavy atom. The Morgan fingerprint density at radius 1 is 1.28 bits per heavy atom. The summed E-state index contributed by atoms with van der Waals surface area (Å²) in [7, 11) is 0. The van der Waals surface area contributed by atoms with E-state index < -0.39 is 0 Å². The van der Waals surface area contributed by atoms with E-state index in [4.69, 9.17) is 19.9 Å². The highest BCUT2D eigenvalue weighted by Gasteiger charge is 2.22. The molecule has 2 heterocycles. The minimum atomic E-state index is 0.00524. The van der Waals surface area contributed by atoms with Crippen molar-refractivity contribution in [2.75, 3.05) is 13.2 Å². The van der Waals surface area contributed by atoms with Crippen LogP contribution in [0.3, 0.4) is 0 Å². The number of ether oxygens (including phenoxy) is 1. The molecule has 1 aliphatic rings. The monoisotopic (exact) mass is 340 g/mol. The summed E-state index contributed by atoms with van der Waals surface area (Å²) in [4.78, 5) is 8.26. The zero-order chi connectivity index (χ0) is 17.2. The van der Waals surface area contributed by atoms with Gasteiger partial charge in [0.15, 0.2) is 5.65 Å². The Labute approximate surface area is 146 Å². The molecule has 1 aliphatic carbocycles. The van der Waals surface area contributed by atoms with Gasteiger partial charge in [-0.3, -0.25) is 0 Å². The SMILES string of the molecule is Cc1nn(C2CCCCC2)c2nc(-c3cccc(OCCO)c3)[nH]c12. The van der Waals surface area contributed by atoms with E-state index in [0.717, 1.165) is 34.0 Å². The lowest BCUT2D eigenvalue weighted by Crippen LogP contribution is -2.14. The maximum atomic E-state index is 8.91. The number of hydrogen-bond donors (Lipinski definition) is 2. The molecule has 1 fully saturated rings. The lowest BCUT2D eigenvalue weighted by atomic mass is 9.96. The summed E-state index contributed by atoms with van der Waals surface area (Å²) in [5, 5.41) is 13.6. The van der Waals surface area contributed by atoms with Crippen LogP contribution in [-0.4, -0.2) is 38.1 Å². The fourth-order valence-corrected chi connectivity index (χ4v) is 3.65. The molecule has 0 saturated heterocycles. The first-order valence-corrected chi connectivity index (χ1v) is 9.05. The largest absolute Gasteiger partial charge is 0.491 e. The number of aromatic nitrogens is 4. The quantitative estimate of drug-likeness (QED) is 0.744. The molecule has 1 saturated carbocycles. The van der Waals surface area contributed by atoms with Crippen LogP contribution in [0.1, 0.15) is 43.8 Å². The maximum absolute atomic E-state index is 8.91. The smallest absolute Gasteiger partial charge is 0.177 e. The predicted molar refractivity (Wildman–Crippen MR) is 96.8 cm³/mol. The molecule has 1 aromatic carbocycles. The van der Waals surface area contributed by atoms with Crippen LogP contribution < -0.4 is 4.74 Å². The number of rotatable bonds is 5. The molecule has 132 valence electrons. The van der Waals surface area contributed by atoms with E-state index in [9.17, 15) is 0 Å². The fourth-order valence-electron chi connectivity index (χ4n) is 3.65. The molecule has 0 unspecified atom stereocenters. The molecule has 0 atom stereocenters. The minimum Gasteiger partial charge on any atom is -0.491 e. The highest BCUT2D eigenvalue weighted by molar-refractivity contribution is 5.79. The third-order valence-electron chi connectivity index (χ3n) is 4.91. The molecule has 6 nitrogen and oxygen atoms in total. The van der Waals surface area contributed by atoms with E-state index in [1.54, 1.807) is 0 Å². The van der Waals surface area contributed by atoms with Crippen molar-refractivity contribution in [1.29, 1.82) is 0 Å². The predicted octanol–water partition coefficient (Wildman–Crippen LogP) is 3.61. The lowest BCUT2D eigenvalue weighted by Gasteiger charge is -2.21. The van der Waals surface area contributed by atoms with Gasteiger partial charge >= 0.3 is 0 Å². The Balaban J connectivity index is 1.69. The summed E-state index contributed by atoms with van der Waals surface area (Å²) in [5.41, 5.74) is 3.93. The van der Waals surface area contributed by atoms with Gasteiger partial charge < -0.3 is 14.8 Å². The second kappa shape index (κ2) is 6.88. The van der Waals surface area contributed by atoms with E-state index in [1.165, 1.54) is 32.1 Å². The molecule has 3 aromatic rings. The molecule has 0 amide bonds. The molecule has 6 heteroatoms. The molecule has 0 bridgehead atoms. The summed E-state index contributed by atoms with van der Waals surface area (Å²) in [6, 6.07) is 8.24. The van der Waals surface area contributed by atoms with Crippen molar-refractivity contribution in [3.63, 3.8) is 0 Å². The van der Waals surface area contributed by atoms with E-state index >= 15 is 0 Å². The second-order valence-electron chi connectivity index (χ2n) is 6.71. The zero-order valence-corrected chi connectivity index (χ0v) is 14.5. The number of aliphatic hydroxyl groups excluding tert-OH is 1. The van der Waals surface area contributed by atoms with Crippen LogP contribution in [0.4, 0.5) is 0 Å². The molecule has 0 spiro atoms. The summed E-state index contributed by atoms with van der Waals surface area (Å²) in [5.74, 6) is 1.56. The number of aliphatic hydroxyl groups is 1. The molecule has 2 N–H and O–H groups in total. The van der Waals surface area contributed by atoms with Gasteiger partial charge in [0, 0.05) is 5.56 Å². The van der Waals surface area contributed by atoms with Crippen LogP contribution in [0.5, 0.6) is 5.75 Å². The Kier molecular flexibility index (Phi) is 4.44. The first-order valence-electron chi connectivity index (χ1n) is 9.05. The Morgan fingerprint density at radius 3 is 2.92 bits per heavy atom. The van der Waals surface area contributed by atoms with Crippen molar-refractivity contribution in [3.8, 4) is 17.1 Å². The number of benzene rings is 1. The summed E-state index contributed by atoms with van der Waals surface area (Å²) < 4.78 is 7.63. The first kappa shape index (κ1) is 16.1. The average molecular weight is 340 g/mol. The molecular formula is C19H24N4O2. The van der Waals surface area contributed by atoms with Crippen molar-refractivity contribution in [1.82, 2.24) is 19.7 Å². The normalized spacial score (nSPS) is 15.8. The standard InChI is InChI=1S/C19H24N4O2/c1-13-17-19(23(22-13)15-7-3-2-4-8-15)21-18(20-17)14-6-5-9-16(12-14)25-11-10-24/h5-6,9,12,15,24H,2-4,7-8,10-11H2,1H3,(H,20,21). The third kappa shape index (κ3) is 3.14. The van der Waals surface area contributed by atoms with Crippen LogP contribution in [0.25, 0.3) is 22.6 Å². The number of hydrogen-bond acceptors (Lipinski definition) is 4. The Hall–Kier alpha value is -2.34. The van der Waals surface area contributed by atoms with Crippen molar-refractivity contribution in [3.05, 3.63) is 30.0 Å².